The van der Waals surface area contributed by atoms with Crippen LogP contribution in [0.1, 0.15) is 62.4 Å². The second-order valence-electron chi connectivity index (χ2n) is 16.8. The molecule has 0 saturated carbocycles. The third-order valence-electron chi connectivity index (χ3n) is 11.7. The lowest BCUT2D eigenvalue weighted by Gasteiger charge is -2.39. The van der Waals surface area contributed by atoms with Crippen LogP contribution in [0.4, 0.5) is 11.9 Å². The molecule has 2 aromatic carbocycles. The molecule has 70 heavy (non-hydrogen) atoms. The first-order chi connectivity index (χ1) is 33.4. The fraction of sp³-hybridized carbons (Fsp3) is 0.326. The Bertz CT molecular complexity index is 3250. The molecule has 0 aliphatic carbocycles. The number of ether oxygens (including phenoxy) is 2. The van der Waals surface area contributed by atoms with E-state index in [4.69, 9.17) is 25.3 Å². The van der Waals surface area contributed by atoms with Crippen LogP contribution in [-0.2, 0) is 55.8 Å². The maximum Gasteiger partial charge on any atom is 0.276 e. The molecule has 0 radical (unpaired) electrons. The van der Waals surface area contributed by atoms with E-state index in [1.54, 1.807) is 67.6 Å². The number of primary amides is 1. The second kappa shape index (κ2) is 19.9. The molecule has 8 rings (SSSR count). The summed E-state index contributed by atoms with van der Waals surface area (Å²) in [4.78, 5) is 88.0. The van der Waals surface area contributed by atoms with Crippen LogP contribution in [0.25, 0.3) is 22.1 Å². The average Bonchev–Trinajstić information content (AvgIpc) is 4.10. The number of hydrogen-bond acceptors (Lipinski definition) is 13. The smallest absolute Gasteiger partial charge is 0.276 e. The second-order valence-corrected chi connectivity index (χ2v) is 18.3. The number of imide groups is 1. The number of hydrogen-bond donors (Lipinski definition) is 4. The van der Waals surface area contributed by atoms with Gasteiger partial charge in [0.05, 0.1) is 46.5 Å². The molecule has 4 aromatic heterocycles. The van der Waals surface area contributed by atoms with Gasteiger partial charge in [0, 0.05) is 83.1 Å². The van der Waals surface area contributed by atoms with Gasteiger partial charge in [0.1, 0.15) is 22.7 Å². The standard InChI is InChI=1S/C46H51N13O10S/c1-5-59-36(20-28(3)53-59)44(65)52-45-49-32-23-31(70(48,66)67)9-10-34(32)56(45)14-6-7-15-58-41-33(50-46(58)51-43(64)35-19-27(2)24-54(35)4)21-29(42(47)63)22-37(41)69-18-8-17-68-30-25-55(26-30)38(60)13-16-57-39(61)11-12-40(57)62/h6-7,9-12,19-24,30H,5,8,13-18,25-26H2,1-4H3,(H2,47,63)(H2,48,66,67)(H,49,52,65)(H,50,51,64)/b7-6+. The number of primary sulfonamides is 1. The Balaban J connectivity index is 1.01. The van der Waals surface area contributed by atoms with Crippen molar-refractivity contribution in [3.05, 3.63) is 101 Å². The molecule has 1 fully saturated rings. The molecule has 0 unspecified atom stereocenters. The van der Waals surface area contributed by atoms with Crippen LogP contribution in [0.15, 0.2) is 77.9 Å². The number of likely N-dealkylation sites (tertiary alicyclic amines) is 1. The molecule has 24 heteroatoms. The van der Waals surface area contributed by atoms with Crippen LogP contribution < -0.4 is 26.2 Å². The van der Waals surface area contributed by atoms with Crippen LogP contribution in [0, 0.1) is 13.8 Å². The highest BCUT2D eigenvalue weighted by Gasteiger charge is 2.32. The molecular weight excluding hydrogens is 927 g/mol. The summed E-state index contributed by atoms with van der Waals surface area (Å²) >= 11 is 0. The van der Waals surface area contributed by atoms with Crippen molar-refractivity contribution in [1.82, 2.24) is 43.2 Å². The van der Waals surface area contributed by atoms with Gasteiger partial charge in [-0.3, -0.25) is 49.0 Å². The number of carbonyl (C=O) groups excluding carboxylic acids is 6. The highest BCUT2D eigenvalue weighted by Crippen LogP contribution is 2.32. The Morgan fingerprint density at radius 3 is 2.20 bits per heavy atom. The maximum atomic E-state index is 13.7. The van der Waals surface area contributed by atoms with E-state index in [0.29, 0.717) is 59.7 Å². The van der Waals surface area contributed by atoms with Gasteiger partial charge >= 0.3 is 0 Å². The first kappa shape index (κ1) is 48.5. The molecule has 6 N–H and O–H groups in total. The van der Waals surface area contributed by atoms with E-state index >= 15 is 0 Å². The van der Waals surface area contributed by atoms with Crippen molar-refractivity contribution in [2.24, 2.45) is 17.9 Å². The maximum absolute atomic E-state index is 13.7. The van der Waals surface area contributed by atoms with Crippen molar-refractivity contribution >= 4 is 79.4 Å². The highest BCUT2D eigenvalue weighted by atomic mass is 32.2. The molecule has 0 spiro atoms. The largest absolute Gasteiger partial charge is 0.491 e. The number of nitrogens with two attached hydrogens (primary N) is 2. The number of anilines is 2. The first-order valence-corrected chi connectivity index (χ1v) is 23.8. The van der Waals surface area contributed by atoms with Gasteiger partial charge in [-0.05, 0) is 68.8 Å². The number of nitrogens with one attached hydrogen (secondary N) is 2. The lowest BCUT2D eigenvalue weighted by Crippen LogP contribution is -2.55. The third-order valence-corrected chi connectivity index (χ3v) is 12.6. The predicted octanol–water partition coefficient (Wildman–Crippen LogP) is 2.38. The molecule has 6 heterocycles. The molecule has 0 bridgehead atoms. The van der Waals surface area contributed by atoms with E-state index in [-0.39, 0.29) is 84.9 Å². The van der Waals surface area contributed by atoms with Crippen LogP contribution in [0.2, 0.25) is 0 Å². The van der Waals surface area contributed by atoms with Crippen LogP contribution in [0.3, 0.4) is 0 Å². The molecule has 0 atom stereocenters. The molecular formula is C46H51N13O10S. The van der Waals surface area contributed by atoms with Crippen LogP contribution in [0.5, 0.6) is 5.75 Å². The number of aryl methyl sites for hydroxylation is 4. The number of aromatic nitrogens is 7. The van der Waals surface area contributed by atoms with Gasteiger partial charge in [-0.2, -0.15) is 5.10 Å². The van der Waals surface area contributed by atoms with Gasteiger partial charge in [0.15, 0.2) is 0 Å². The molecule has 2 aliphatic heterocycles. The van der Waals surface area contributed by atoms with Gasteiger partial charge in [-0.15, -0.1) is 0 Å². The zero-order valence-corrected chi connectivity index (χ0v) is 39.6. The summed E-state index contributed by atoms with van der Waals surface area (Å²) < 4.78 is 43.4. The summed E-state index contributed by atoms with van der Waals surface area (Å²) in [5.74, 6) is -2.20. The van der Waals surface area contributed by atoms with Crippen molar-refractivity contribution in [3.8, 4) is 5.75 Å². The van der Waals surface area contributed by atoms with Crippen molar-refractivity contribution in [3.63, 3.8) is 0 Å². The molecule has 23 nitrogen and oxygen atoms in total. The van der Waals surface area contributed by atoms with Crippen molar-refractivity contribution < 1.29 is 46.7 Å². The molecule has 1 saturated heterocycles. The van der Waals surface area contributed by atoms with E-state index in [0.717, 1.165) is 10.5 Å². The monoisotopic (exact) mass is 977 g/mol. The zero-order valence-electron chi connectivity index (χ0n) is 38.7. The Kier molecular flexibility index (Phi) is 13.8. The Hall–Kier alpha value is -7.96. The molecule has 366 valence electrons. The first-order valence-electron chi connectivity index (χ1n) is 22.3. The number of allylic oxidation sites excluding steroid dienone is 2. The lowest BCUT2D eigenvalue weighted by atomic mass is 10.1. The Morgan fingerprint density at radius 2 is 1.54 bits per heavy atom. The van der Waals surface area contributed by atoms with E-state index in [2.05, 4.69) is 20.7 Å². The third kappa shape index (κ3) is 10.4. The Labute approximate surface area is 400 Å². The number of fused-ring (bicyclic) bond motifs is 2. The summed E-state index contributed by atoms with van der Waals surface area (Å²) in [7, 11) is -2.33. The van der Waals surface area contributed by atoms with E-state index in [9.17, 15) is 37.2 Å². The van der Waals surface area contributed by atoms with E-state index < -0.39 is 39.6 Å². The number of nitrogens with zero attached hydrogens (tertiary/aromatic N) is 9. The van der Waals surface area contributed by atoms with Gasteiger partial charge in [0.25, 0.3) is 23.6 Å². The van der Waals surface area contributed by atoms with E-state index in [1.807, 2.05) is 20.0 Å². The van der Waals surface area contributed by atoms with Crippen molar-refractivity contribution in [2.75, 3.05) is 43.5 Å². The lowest BCUT2D eigenvalue weighted by molar-refractivity contribution is -0.146. The molecule has 6 aromatic rings. The Morgan fingerprint density at radius 1 is 0.871 bits per heavy atom. The minimum atomic E-state index is -4.07. The van der Waals surface area contributed by atoms with Crippen molar-refractivity contribution in [1.29, 1.82) is 0 Å². The fourth-order valence-corrected chi connectivity index (χ4v) is 8.73. The minimum absolute atomic E-state index is 0.00897. The summed E-state index contributed by atoms with van der Waals surface area (Å²) in [6.45, 7) is 7.32. The van der Waals surface area contributed by atoms with E-state index in [1.165, 1.54) is 36.4 Å². The zero-order chi connectivity index (χ0) is 50.0. The SMILES string of the molecule is CCn1nc(C)cc1C(=O)Nc1nc2cc(S(N)(=O)=O)ccc2n1C/C=C/Cn1c(NC(=O)c2cc(C)cn2C)nc2cc(C(N)=O)cc(OCCCOC3CN(C(=O)CCN4C(=O)C=CC4=O)C3)c21. The van der Waals surface area contributed by atoms with Crippen molar-refractivity contribution in [2.45, 2.75) is 64.2 Å². The van der Waals surface area contributed by atoms with Gasteiger partial charge in [-0.1, -0.05) is 12.2 Å². The van der Waals surface area contributed by atoms with Gasteiger partial charge in [-0.25, -0.2) is 23.5 Å². The molecule has 2 aliphatic rings. The fourth-order valence-electron chi connectivity index (χ4n) is 8.19. The summed E-state index contributed by atoms with van der Waals surface area (Å²) in [6.07, 6.45) is 7.98. The minimum Gasteiger partial charge on any atom is -0.491 e. The highest BCUT2D eigenvalue weighted by molar-refractivity contribution is 7.89. The quantitative estimate of drug-likeness (QED) is 0.0486. The predicted molar refractivity (Wildman–Crippen MR) is 254 cm³/mol. The number of benzene rings is 2. The summed E-state index contributed by atoms with van der Waals surface area (Å²) in [5.41, 5.74) is 9.57. The molecule has 6 amide bonds. The van der Waals surface area contributed by atoms with Gasteiger partial charge < -0.3 is 33.8 Å². The topological polar surface area (TPSA) is 296 Å². The van der Waals surface area contributed by atoms with Crippen LogP contribution >= 0.6 is 0 Å². The number of carbonyl (C=O) groups is 6. The summed E-state index contributed by atoms with van der Waals surface area (Å²) in [5, 5.41) is 15.6. The normalized spacial score (nSPS) is 14.1. The summed E-state index contributed by atoms with van der Waals surface area (Å²) in [6, 6.07) is 10.6. The number of rotatable bonds is 20. The number of sulfonamides is 1. The van der Waals surface area contributed by atoms with Gasteiger partial charge in [0.2, 0.25) is 33.7 Å². The van der Waals surface area contributed by atoms with Crippen LogP contribution in [-0.4, -0.2) is 126 Å². The average molecular weight is 978 g/mol. The number of amides is 6. The number of imidazole rings is 2.